The number of carboxylic acids is 2. The lowest BCUT2D eigenvalue weighted by Gasteiger charge is -2.42. The van der Waals surface area contributed by atoms with E-state index in [0.29, 0.717) is 124 Å². The number of carboxylic acid groups (broad SMARTS) is 2. The van der Waals surface area contributed by atoms with Gasteiger partial charge in [-0.15, -0.1) is 12.4 Å². The van der Waals surface area contributed by atoms with Crippen molar-refractivity contribution >= 4 is 149 Å². The number of benzene rings is 6. The van der Waals surface area contributed by atoms with Crippen molar-refractivity contribution < 1.29 is 97.2 Å². The van der Waals surface area contributed by atoms with Crippen molar-refractivity contribution in [3.8, 4) is 0 Å². The Balaban J connectivity index is 0.000000269. The summed E-state index contributed by atoms with van der Waals surface area (Å²) in [5, 5.41) is 63.8. The average Bonchev–Trinajstić information content (AvgIpc) is 0.757. The summed E-state index contributed by atoms with van der Waals surface area (Å²) in [6.07, 6.45) is 8.43. The smallest absolute Gasteiger partial charge is 0.408 e. The molecule has 6 aliphatic rings. The second kappa shape index (κ2) is 47.8. The summed E-state index contributed by atoms with van der Waals surface area (Å²) in [6.45, 7) is 22.5. The molecule has 0 spiro atoms. The van der Waals surface area contributed by atoms with Crippen molar-refractivity contribution in [3.63, 3.8) is 0 Å². The maximum atomic E-state index is 12.7. The Morgan fingerprint density at radius 3 is 1.00 bits per heavy atom. The van der Waals surface area contributed by atoms with Crippen molar-refractivity contribution in [1.82, 2.24) is 16.0 Å². The number of ether oxygens (including phenoxy) is 3. The molecular weight excluding hydrogens is 1810 g/mol. The number of aliphatic hydroxyl groups excluding tert-OH is 4. The molecule has 12 rings (SSSR count). The van der Waals surface area contributed by atoms with Crippen molar-refractivity contribution in [2.24, 2.45) is 17.2 Å². The highest BCUT2D eigenvalue weighted by molar-refractivity contribution is 6.70. The van der Waals surface area contributed by atoms with Crippen LogP contribution in [0.5, 0.6) is 0 Å². The highest BCUT2D eigenvalue weighted by Gasteiger charge is 2.51. The summed E-state index contributed by atoms with van der Waals surface area (Å²) in [6, 6.07) is 43.4. The number of allylic oxidation sites excluding steroid dienone is 1. The molecule has 6 aromatic rings. The molecule has 702 valence electrons. The van der Waals surface area contributed by atoms with Crippen molar-refractivity contribution in [2.75, 3.05) is 0 Å². The summed E-state index contributed by atoms with van der Waals surface area (Å²) in [5.74, 6) is -3.33. The van der Waals surface area contributed by atoms with E-state index in [1.807, 2.05) is 87.5 Å². The topological polar surface area (TPSA) is 443 Å². The van der Waals surface area contributed by atoms with Crippen LogP contribution in [0.3, 0.4) is 0 Å². The summed E-state index contributed by atoms with van der Waals surface area (Å²) in [7, 11) is -1.89. The quantitative estimate of drug-likeness (QED) is 0.0356. The van der Waals surface area contributed by atoms with E-state index >= 15 is 0 Å². The molecule has 0 saturated heterocycles. The van der Waals surface area contributed by atoms with Crippen molar-refractivity contribution in [2.45, 2.75) is 291 Å². The van der Waals surface area contributed by atoms with Crippen molar-refractivity contribution in [1.29, 1.82) is 0 Å². The molecule has 0 heterocycles. The van der Waals surface area contributed by atoms with Gasteiger partial charge in [-0.1, -0.05) is 192 Å². The molecule has 3 amide bonds. The first-order chi connectivity index (χ1) is 59.1. The van der Waals surface area contributed by atoms with Gasteiger partial charge in [0.05, 0.1) is 0 Å². The second-order valence-corrected chi connectivity index (χ2v) is 42.9. The fourth-order valence-corrected chi connectivity index (χ4v) is 18.3. The molecule has 15 N–H and O–H groups in total. The van der Waals surface area contributed by atoms with E-state index in [0.717, 1.165) is 80.2 Å². The zero-order chi connectivity index (χ0) is 95.1. The Labute approximate surface area is 786 Å². The number of hydrogen-bond acceptors (Lipinski definition) is 21. The fourth-order valence-electron chi connectivity index (χ4n) is 15.5. The maximum absolute atomic E-state index is 12.7. The molecule has 34 heteroatoms. The lowest BCUT2D eigenvalue weighted by atomic mass is 9.74. The first-order valence-corrected chi connectivity index (χ1v) is 48.0. The first-order valence-electron chi connectivity index (χ1n) is 42.3. The van der Waals surface area contributed by atoms with E-state index < -0.39 is 119 Å². The molecular formula is C94H123Cl7N6O20Si. The number of amides is 3. The Bertz CT molecular complexity index is 4790. The van der Waals surface area contributed by atoms with E-state index in [4.69, 9.17) is 126 Å². The zero-order valence-corrected chi connectivity index (χ0v) is 80.8. The summed E-state index contributed by atoms with van der Waals surface area (Å²) < 4.78 is 22.6. The minimum absolute atomic E-state index is 0. The van der Waals surface area contributed by atoms with E-state index in [-0.39, 0.29) is 35.5 Å². The largest absolute Gasteiger partial charge is 0.546 e. The number of alkyl carbamates (subject to hydrolysis) is 3. The number of aliphatic hydroxyl groups is 4. The number of rotatable bonds is 14. The molecule has 1 unspecified atom stereocenters. The monoisotopic (exact) mass is 1930 g/mol. The minimum atomic E-state index is -2.27. The molecule has 26 nitrogen and oxygen atoms in total. The van der Waals surface area contributed by atoms with Gasteiger partial charge in [0, 0.05) is 66.1 Å². The molecule has 0 radical (unpaired) electrons. The van der Waals surface area contributed by atoms with Gasteiger partial charge in [0.1, 0.15) is 68.0 Å². The lowest BCUT2D eigenvalue weighted by Crippen LogP contribution is -2.58. The van der Waals surface area contributed by atoms with E-state index in [9.17, 15) is 58.2 Å². The Morgan fingerprint density at radius 1 is 0.391 bits per heavy atom. The first kappa shape index (κ1) is 110. The molecule has 6 aliphatic carbocycles. The standard InChI is InChI=1S/C20H30ClNO3Si.C17H22ClNO4.C17H22ClNO3.C12H14ClNO2.2C12H14ClNO.C4H6O6.ClH/c1-19(2,3)24-18(23)22-20(15-11-7-8-12-16(15)21)14-10-9-13-17(20)25-26(4,5)6;1-16(2,3)23-15(22)19-17(10-6-9-13(20)14(17)21)11-7-4-5-8-12(11)18;1-16(2,3)22-15(21)19-17(11-7-6-10-14(17)20)12-8-4-5-9-13(12)18;13-9-5-2-1-4-8(9)12(14)7-3-6-10(15)11(12)16;2*13-10-6-2-1-5-9(10)12(14)8-4-3-7-11(12)15;5-1(3(7)8)2(6)4(9)10;/h7-8,11-13H,9-10,14H2,1-6H3,(H,22,23);4-5,7-8,13,20H,6,9-10H2,1-3H3,(H,19,22);4-5,8-9H,6-7,10-11H2,1-3H3,(H,19,21);1-2,4-5,10,15H,3,6-7,14H2;2*1-2,5-6H,3-4,7-8,14H2;1-2,5-6H,(H,7,8)(H,9,10);1H/t20-;13-,17-;17-;10-,12-;12-;;1-,2-;/m00000.0./s1. The predicted molar refractivity (Wildman–Crippen MR) is 501 cm³/mol. The van der Waals surface area contributed by atoms with Crippen LogP contribution >= 0.6 is 82.0 Å². The molecule has 128 heavy (non-hydrogen) atoms. The van der Waals surface area contributed by atoms with Crippen molar-refractivity contribution in [3.05, 3.63) is 221 Å². The van der Waals surface area contributed by atoms with Gasteiger partial charge in [-0.25, -0.2) is 24.0 Å². The predicted octanol–water partition coefficient (Wildman–Crippen LogP) is 18.5. The number of ketones is 5. The van der Waals surface area contributed by atoms with Gasteiger partial charge in [-0.2, -0.15) is 0 Å². The number of halogens is 7. The van der Waals surface area contributed by atoms with Crippen LogP contribution in [0.15, 0.2) is 157 Å². The fraction of sp³-hybridized carbons (Fsp3) is 0.489. The highest BCUT2D eigenvalue weighted by Crippen LogP contribution is 2.46. The maximum Gasteiger partial charge on any atom is 0.408 e. The number of carbonyl (C=O) groups is 10. The van der Waals surface area contributed by atoms with E-state index in [1.54, 1.807) is 120 Å². The van der Waals surface area contributed by atoms with Crippen LogP contribution in [0, 0.1) is 0 Å². The molecule has 0 bridgehead atoms. The van der Waals surface area contributed by atoms with Crippen LogP contribution in [0.25, 0.3) is 0 Å². The summed E-state index contributed by atoms with van der Waals surface area (Å²) >= 11 is 37.3. The SMILES string of the molecule is CC(C)(C)OC(=O)N[C@]1(c2ccccc2Cl)CCCC=C1O[Si](C)(C)C.CC(C)(C)OC(=O)N[C@]1(c2ccccc2Cl)CCCCC1=O.CC(C)(C)OC(=O)N[C@]1(c2ccccc2Cl)CCC[C@H](O)C1=O.Cl.NC1(c2ccccc2Cl)CCCCC1=O.N[C@]1(c2ccccc2Cl)CCCCC1=O.N[C@]1(c2ccccc2Cl)CCC[C@H](O)C1=O.O=C(O)[C@@H](O)[C@H](O)C(=O)O. The molecule has 0 aromatic heterocycles. The van der Waals surface area contributed by atoms with Crippen LogP contribution in [-0.2, 0) is 85.4 Å². The Hall–Kier alpha value is -8.07. The molecule has 5 saturated carbocycles. The van der Waals surface area contributed by atoms with Gasteiger partial charge in [0.2, 0.25) is 8.32 Å². The van der Waals surface area contributed by atoms with Gasteiger partial charge >= 0.3 is 30.2 Å². The third kappa shape index (κ3) is 30.2. The summed E-state index contributed by atoms with van der Waals surface area (Å²) in [4.78, 5) is 118. The Morgan fingerprint density at radius 2 is 0.664 bits per heavy atom. The van der Waals surface area contributed by atoms with Gasteiger partial charge in [-0.3, -0.25) is 24.0 Å². The van der Waals surface area contributed by atoms with Gasteiger partial charge < -0.3 is 82.4 Å². The van der Waals surface area contributed by atoms with Gasteiger partial charge in [0.15, 0.2) is 41.1 Å². The molecule has 10 atom stereocenters. The summed E-state index contributed by atoms with van der Waals surface area (Å²) in [5.41, 5.74) is 14.7. The van der Waals surface area contributed by atoms with Crippen LogP contribution in [0.2, 0.25) is 49.8 Å². The third-order valence-electron chi connectivity index (χ3n) is 21.6. The third-order valence-corrected chi connectivity index (χ3v) is 24.4. The van der Waals surface area contributed by atoms with Crippen LogP contribution in [-0.4, -0.2) is 139 Å². The molecule has 0 aliphatic heterocycles. The van der Waals surface area contributed by atoms with Crippen LogP contribution < -0.4 is 33.2 Å². The normalized spacial score (nSPS) is 23.9. The molecule has 5 fully saturated rings. The average molecular weight is 1930 g/mol. The Kier molecular flexibility index (Phi) is 41.3. The van der Waals surface area contributed by atoms with Crippen LogP contribution in [0.1, 0.15) is 231 Å². The number of nitrogens with two attached hydrogens (primary N) is 3. The second-order valence-electron chi connectivity index (χ2n) is 36.1. The number of carbonyl (C=O) groups excluding carboxylic acids is 8. The van der Waals surface area contributed by atoms with Crippen LogP contribution in [0.4, 0.5) is 14.4 Å². The number of hydrogen-bond donors (Lipinski definition) is 12. The lowest BCUT2D eigenvalue weighted by molar-refractivity contribution is -0.165. The van der Waals surface area contributed by atoms with Gasteiger partial charge in [0.25, 0.3) is 0 Å². The highest BCUT2D eigenvalue weighted by atomic mass is 35.5. The van der Waals surface area contributed by atoms with E-state index in [2.05, 4.69) is 41.7 Å². The number of aliphatic carboxylic acids is 2. The number of nitrogens with one attached hydrogen (secondary N) is 3. The van der Waals surface area contributed by atoms with Gasteiger partial charge in [-0.05, 0) is 244 Å². The number of Topliss-reactive ketones (excluding diaryl/α,β-unsaturated/α-hetero) is 5. The minimum Gasteiger partial charge on any atom is -0.546 e. The van der Waals surface area contributed by atoms with E-state index in [1.165, 1.54) is 0 Å². The molecule has 6 aromatic carbocycles. The zero-order valence-electron chi connectivity index (χ0n) is 74.4.